The van der Waals surface area contributed by atoms with Crippen molar-refractivity contribution in [2.24, 2.45) is 39.6 Å². The summed E-state index contributed by atoms with van der Waals surface area (Å²) >= 11 is 0. The van der Waals surface area contributed by atoms with Crippen molar-refractivity contribution in [1.29, 1.82) is 0 Å². The van der Waals surface area contributed by atoms with Crippen LogP contribution in [-0.2, 0) is 19.0 Å². The molecular weight excluding hydrogens is 616 g/mol. The summed E-state index contributed by atoms with van der Waals surface area (Å²) < 4.78 is 17.6. The van der Waals surface area contributed by atoms with Gasteiger partial charge in [0, 0.05) is 37.5 Å². The van der Waals surface area contributed by atoms with Crippen LogP contribution in [0.15, 0.2) is 4.99 Å². The molecule has 2 aliphatic heterocycles. The molecule has 2 heterocycles. The van der Waals surface area contributed by atoms with Crippen molar-refractivity contribution in [2.75, 3.05) is 26.3 Å². The number of hydrogen-bond acceptors (Lipinski definition) is 17. The highest BCUT2D eigenvalue weighted by Crippen LogP contribution is 2.41. The number of carbonyl (C=O) groups is 1. The van der Waals surface area contributed by atoms with Crippen LogP contribution in [0.2, 0.25) is 0 Å². The molecule has 20 nitrogen and oxygen atoms in total. The average molecular weight is 667 g/mol. The predicted octanol–water partition coefficient (Wildman–Crippen LogP) is -9.10. The molecule has 0 aromatic carbocycles. The van der Waals surface area contributed by atoms with Crippen molar-refractivity contribution in [3.63, 3.8) is 0 Å². The van der Waals surface area contributed by atoms with Crippen molar-refractivity contribution >= 4 is 11.9 Å². The molecule has 0 radical (unpaired) electrons. The van der Waals surface area contributed by atoms with Gasteiger partial charge in [0.25, 0.3) is 5.91 Å². The fraction of sp³-hybridized carbons (Fsp3) is 0.923. The Morgan fingerprint density at radius 3 is 2.22 bits per heavy atom. The summed E-state index contributed by atoms with van der Waals surface area (Å²) in [5, 5.41) is 89.1. The lowest BCUT2D eigenvalue weighted by Gasteiger charge is -2.49. The summed E-state index contributed by atoms with van der Waals surface area (Å²) in [6.07, 6.45) is -13.3. The molecule has 266 valence electrons. The number of amides is 1. The van der Waals surface area contributed by atoms with Crippen LogP contribution in [0.3, 0.4) is 0 Å². The summed E-state index contributed by atoms with van der Waals surface area (Å²) in [6.45, 7) is -0.571. The fourth-order valence-electron chi connectivity index (χ4n) is 6.51. The third-order valence-electron chi connectivity index (χ3n) is 9.41. The molecule has 0 aromatic heterocycles. The van der Waals surface area contributed by atoms with E-state index in [1.807, 2.05) is 0 Å². The minimum absolute atomic E-state index is 0.0279. The first-order valence-corrected chi connectivity index (χ1v) is 15.3. The van der Waals surface area contributed by atoms with Gasteiger partial charge >= 0.3 is 0 Å². The lowest BCUT2D eigenvalue weighted by atomic mass is 9.73. The third kappa shape index (κ3) is 7.72. The second kappa shape index (κ2) is 15.1. The smallest absolute Gasteiger partial charge is 0.254 e. The van der Waals surface area contributed by atoms with E-state index in [1.54, 1.807) is 0 Å². The highest BCUT2D eigenvalue weighted by atomic mass is 16.7. The van der Waals surface area contributed by atoms with Crippen molar-refractivity contribution in [1.82, 2.24) is 10.6 Å². The Labute approximate surface area is 264 Å². The molecule has 17 atom stereocenters. The SMILES string of the molecule is NC(N)=NC1CC1(O)C(=O)N[C@@H]1C[C@H](N)[C@@H](O[C@H]2O[C@H](CNCCO)[C@@H](O)[C@H](O)[C@H]2N)[C@H](O)[C@H]1C[C@H]1O[C@H](CO)[C@@H](O)[C@H](N)[C@H]1O. The van der Waals surface area contributed by atoms with E-state index in [1.165, 1.54) is 0 Å². The Morgan fingerprint density at radius 1 is 0.913 bits per heavy atom. The van der Waals surface area contributed by atoms with Gasteiger partial charge in [-0.25, -0.2) is 4.99 Å². The molecule has 0 spiro atoms. The number of rotatable bonds is 12. The zero-order valence-electron chi connectivity index (χ0n) is 25.2. The zero-order valence-corrected chi connectivity index (χ0v) is 25.2. The molecule has 2 saturated heterocycles. The summed E-state index contributed by atoms with van der Waals surface area (Å²) in [6, 6.07) is -5.25. The molecule has 4 aliphatic rings. The second-order valence-corrected chi connectivity index (χ2v) is 12.7. The van der Waals surface area contributed by atoms with E-state index in [-0.39, 0.29) is 44.9 Å². The Kier molecular flexibility index (Phi) is 12.2. The number of nitrogens with two attached hydrogens (primary N) is 5. The van der Waals surface area contributed by atoms with Gasteiger partial charge in [0.05, 0.1) is 49.7 Å². The minimum atomic E-state index is -1.91. The number of aliphatic imine (C=N–C) groups is 1. The zero-order chi connectivity index (χ0) is 34.1. The molecule has 46 heavy (non-hydrogen) atoms. The second-order valence-electron chi connectivity index (χ2n) is 12.7. The van der Waals surface area contributed by atoms with E-state index < -0.39 is 115 Å². The van der Waals surface area contributed by atoms with Crippen LogP contribution in [0.25, 0.3) is 0 Å². The van der Waals surface area contributed by atoms with Crippen LogP contribution < -0.4 is 39.3 Å². The number of aliphatic hydroxyl groups excluding tert-OH is 7. The van der Waals surface area contributed by atoms with Gasteiger partial charge in [0.2, 0.25) is 0 Å². The number of nitrogens with zero attached hydrogens (tertiary/aromatic N) is 1. The van der Waals surface area contributed by atoms with Crippen LogP contribution in [0.4, 0.5) is 0 Å². The number of ether oxygens (including phenoxy) is 3. The molecule has 20 heteroatoms. The number of nitrogens with one attached hydrogen (secondary N) is 2. The highest BCUT2D eigenvalue weighted by Gasteiger charge is 2.61. The van der Waals surface area contributed by atoms with Crippen molar-refractivity contribution in [3.05, 3.63) is 0 Å². The van der Waals surface area contributed by atoms with Gasteiger partial charge in [-0.1, -0.05) is 0 Å². The Balaban J connectivity index is 1.56. The summed E-state index contributed by atoms with van der Waals surface area (Å²) in [4.78, 5) is 17.0. The molecular formula is C26H50N8O12. The van der Waals surface area contributed by atoms with E-state index in [0.717, 1.165) is 0 Å². The van der Waals surface area contributed by atoms with Gasteiger partial charge in [-0.05, 0) is 12.8 Å². The lowest BCUT2D eigenvalue weighted by molar-refractivity contribution is -0.288. The predicted molar refractivity (Wildman–Crippen MR) is 157 cm³/mol. The molecule has 1 amide bonds. The van der Waals surface area contributed by atoms with E-state index in [0.29, 0.717) is 0 Å². The first-order valence-electron chi connectivity index (χ1n) is 15.3. The van der Waals surface area contributed by atoms with Crippen molar-refractivity contribution in [2.45, 2.75) is 116 Å². The number of aliphatic hydroxyl groups is 8. The molecule has 2 saturated carbocycles. The minimum Gasteiger partial charge on any atom is -0.395 e. The molecule has 2 unspecified atom stereocenters. The highest BCUT2D eigenvalue weighted by molar-refractivity contribution is 5.90. The average Bonchev–Trinajstić information content (AvgIpc) is 3.66. The van der Waals surface area contributed by atoms with Crippen LogP contribution in [-0.4, -0.2) is 176 Å². The Bertz CT molecular complexity index is 1060. The molecule has 0 aromatic rings. The van der Waals surface area contributed by atoms with Crippen molar-refractivity contribution in [3.8, 4) is 0 Å². The maximum absolute atomic E-state index is 13.2. The first kappa shape index (κ1) is 37.0. The van der Waals surface area contributed by atoms with Crippen LogP contribution in [0.5, 0.6) is 0 Å². The monoisotopic (exact) mass is 666 g/mol. The van der Waals surface area contributed by atoms with Gasteiger partial charge in [0.1, 0.15) is 36.6 Å². The van der Waals surface area contributed by atoms with E-state index in [9.17, 15) is 40.5 Å². The third-order valence-corrected chi connectivity index (χ3v) is 9.41. The molecule has 2 aliphatic carbocycles. The van der Waals surface area contributed by atoms with E-state index >= 15 is 0 Å². The van der Waals surface area contributed by atoms with Crippen LogP contribution in [0.1, 0.15) is 19.3 Å². The van der Waals surface area contributed by atoms with E-state index in [2.05, 4.69) is 15.6 Å². The maximum Gasteiger partial charge on any atom is 0.254 e. The van der Waals surface area contributed by atoms with Crippen LogP contribution >= 0.6 is 0 Å². The molecule has 0 bridgehead atoms. The summed E-state index contributed by atoms with van der Waals surface area (Å²) in [5.74, 6) is -2.12. The number of hydrogen-bond donors (Lipinski definition) is 15. The van der Waals surface area contributed by atoms with Gasteiger partial charge in [-0.2, -0.15) is 0 Å². The van der Waals surface area contributed by atoms with Gasteiger partial charge in [-0.15, -0.1) is 0 Å². The fourth-order valence-corrected chi connectivity index (χ4v) is 6.51. The molecule has 20 N–H and O–H groups in total. The van der Waals surface area contributed by atoms with Crippen molar-refractivity contribution < 1.29 is 59.9 Å². The lowest BCUT2D eigenvalue weighted by Crippen LogP contribution is -2.68. The first-order chi connectivity index (χ1) is 21.6. The Hall–Kier alpha value is -1.86. The largest absolute Gasteiger partial charge is 0.395 e. The van der Waals surface area contributed by atoms with Crippen LogP contribution in [0, 0.1) is 5.92 Å². The van der Waals surface area contributed by atoms with Gasteiger partial charge in [-0.3, -0.25) is 4.79 Å². The molecule has 4 rings (SSSR count). The van der Waals surface area contributed by atoms with Gasteiger partial charge < -0.3 is 94.4 Å². The summed E-state index contributed by atoms with van der Waals surface area (Å²) in [7, 11) is 0. The molecule has 4 fully saturated rings. The van der Waals surface area contributed by atoms with E-state index in [4.69, 9.17) is 48.0 Å². The number of carbonyl (C=O) groups excluding carboxylic acids is 1. The Morgan fingerprint density at radius 2 is 1.59 bits per heavy atom. The van der Waals surface area contributed by atoms with Gasteiger partial charge in [0.15, 0.2) is 17.9 Å². The summed E-state index contributed by atoms with van der Waals surface area (Å²) in [5.41, 5.74) is 27.4. The maximum atomic E-state index is 13.2. The standard InChI is InChI=1S/C26H50N8O12/c27-9-4-10(33-24(42)26(43)5-14(26)34-25(30)31)8(3-11-18(38)15(28)19(39)13(7-36)44-11)17(37)22(9)46-23-16(29)21(41)20(40)12(45-23)6-32-1-2-35/h8-23,32,35-41,43H,1-7,27-29H2,(H,33,42)(H4,30,31,34)/t8-,9-,10+,11+,12+,13+,14?,15+,16+,17+,18-,19+,20+,21+,22+,23+,26?/m0/s1. The topological polar surface area (TPSA) is 373 Å². The quantitative estimate of drug-likeness (QED) is 0.0522. The number of guanidine groups is 1. The normalized spacial score (nSPS) is 47.6.